The molecule has 0 atom stereocenters. The number of ketones is 1. The molecule has 0 saturated heterocycles. The zero-order valence-electron chi connectivity index (χ0n) is 10.3. The van der Waals surface area contributed by atoms with E-state index in [1.807, 2.05) is 11.4 Å². The van der Waals surface area contributed by atoms with Crippen LogP contribution in [0.5, 0.6) is 0 Å². The van der Waals surface area contributed by atoms with E-state index in [4.69, 9.17) is 0 Å². The third-order valence-corrected chi connectivity index (χ3v) is 5.48. The largest absolute Gasteiger partial charge is 0.293 e. The van der Waals surface area contributed by atoms with Gasteiger partial charge in [-0.05, 0) is 59.7 Å². The first-order chi connectivity index (χ1) is 8.83. The molecule has 0 spiro atoms. The van der Waals surface area contributed by atoms with Gasteiger partial charge in [0.05, 0.1) is 4.88 Å². The third kappa shape index (κ3) is 2.57. The number of hydrogen-bond donors (Lipinski definition) is 0. The molecule has 0 aromatic carbocycles. The second-order valence-corrected chi connectivity index (χ2v) is 6.77. The van der Waals surface area contributed by atoms with Crippen LogP contribution in [-0.2, 0) is 19.3 Å². The minimum Gasteiger partial charge on any atom is -0.293 e. The Labute approximate surface area is 115 Å². The zero-order valence-corrected chi connectivity index (χ0v) is 11.9. The van der Waals surface area contributed by atoms with Crippen LogP contribution in [0.2, 0.25) is 0 Å². The Kier molecular flexibility index (Phi) is 3.62. The van der Waals surface area contributed by atoms with Crippen LogP contribution in [0.25, 0.3) is 0 Å². The lowest BCUT2D eigenvalue weighted by molar-refractivity contribution is 0.0997. The van der Waals surface area contributed by atoms with Crippen molar-refractivity contribution in [3.05, 3.63) is 43.8 Å². The predicted molar refractivity (Wildman–Crippen MR) is 77.9 cm³/mol. The number of fused-ring (bicyclic) bond motifs is 1. The van der Waals surface area contributed by atoms with Crippen LogP contribution in [0.15, 0.2) is 22.9 Å². The monoisotopic (exact) mass is 276 g/mol. The van der Waals surface area contributed by atoms with Gasteiger partial charge in [-0.25, -0.2) is 0 Å². The number of hydrogen-bond acceptors (Lipinski definition) is 3. The van der Waals surface area contributed by atoms with E-state index in [9.17, 15) is 4.79 Å². The molecule has 0 radical (unpaired) electrons. The van der Waals surface area contributed by atoms with E-state index in [1.165, 1.54) is 36.1 Å². The standard InChI is InChI=1S/C15H16OS2/c16-13(8-11-6-7-17-10-11)15-9-12-4-2-1-3-5-14(12)18-15/h6-7,9-10H,1-5,8H2. The van der Waals surface area contributed by atoms with Gasteiger partial charge in [0.25, 0.3) is 0 Å². The van der Waals surface area contributed by atoms with Gasteiger partial charge in [-0.1, -0.05) is 6.42 Å². The Bertz CT molecular complexity index is 513. The summed E-state index contributed by atoms with van der Waals surface area (Å²) in [5.74, 6) is 0.284. The number of rotatable bonds is 3. The van der Waals surface area contributed by atoms with E-state index in [2.05, 4.69) is 11.4 Å². The van der Waals surface area contributed by atoms with Gasteiger partial charge < -0.3 is 0 Å². The molecule has 1 aliphatic rings. The highest BCUT2D eigenvalue weighted by atomic mass is 32.1. The van der Waals surface area contributed by atoms with Gasteiger partial charge in [0, 0.05) is 11.3 Å². The molecule has 94 valence electrons. The predicted octanol–water partition coefficient (Wildman–Crippen LogP) is 4.50. The molecule has 0 unspecified atom stereocenters. The van der Waals surface area contributed by atoms with Crippen molar-refractivity contribution in [2.75, 3.05) is 0 Å². The number of Topliss-reactive ketones (excluding diaryl/α,β-unsaturated/α-hetero) is 1. The molecule has 1 aliphatic carbocycles. The van der Waals surface area contributed by atoms with Crippen molar-refractivity contribution in [2.24, 2.45) is 0 Å². The molecule has 2 aromatic heterocycles. The molecule has 0 amide bonds. The Hall–Kier alpha value is -0.930. The molecular weight excluding hydrogens is 260 g/mol. The van der Waals surface area contributed by atoms with Gasteiger partial charge in [0.1, 0.15) is 0 Å². The molecule has 0 fully saturated rings. The van der Waals surface area contributed by atoms with Crippen LogP contribution in [-0.4, -0.2) is 5.78 Å². The van der Waals surface area contributed by atoms with E-state index in [1.54, 1.807) is 22.7 Å². The average Bonchev–Trinajstić information content (AvgIpc) is 2.95. The van der Waals surface area contributed by atoms with Crippen LogP contribution in [0.4, 0.5) is 0 Å². The normalized spacial score (nSPS) is 15.1. The van der Waals surface area contributed by atoms with Crippen molar-refractivity contribution < 1.29 is 4.79 Å². The molecule has 3 heteroatoms. The van der Waals surface area contributed by atoms with E-state index < -0.39 is 0 Å². The lowest BCUT2D eigenvalue weighted by Crippen LogP contribution is -1.99. The summed E-state index contributed by atoms with van der Waals surface area (Å²) >= 11 is 3.39. The first-order valence-electron chi connectivity index (χ1n) is 6.49. The first kappa shape index (κ1) is 12.1. The van der Waals surface area contributed by atoms with Crippen molar-refractivity contribution in [3.8, 4) is 0 Å². The fraction of sp³-hybridized carbons (Fsp3) is 0.400. The lowest BCUT2D eigenvalue weighted by Gasteiger charge is -1.95. The van der Waals surface area contributed by atoms with Gasteiger partial charge in [0.15, 0.2) is 5.78 Å². The summed E-state index contributed by atoms with van der Waals surface area (Å²) < 4.78 is 0. The van der Waals surface area contributed by atoms with E-state index in [0.29, 0.717) is 6.42 Å². The van der Waals surface area contributed by atoms with Crippen molar-refractivity contribution in [1.82, 2.24) is 0 Å². The van der Waals surface area contributed by atoms with Crippen molar-refractivity contribution >= 4 is 28.5 Å². The van der Waals surface area contributed by atoms with Crippen LogP contribution < -0.4 is 0 Å². The maximum absolute atomic E-state index is 12.2. The highest BCUT2D eigenvalue weighted by Gasteiger charge is 2.16. The lowest BCUT2D eigenvalue weighted by atomic mass is 10.1. The summed E-state index contributed by atoms with van der Waals surface area (Å²) in [6.45, 7) is 0. The van der Waals surface area contributed by atoms with Gasteiger partial charge >= 0.3 is 0 Å². The summed E-state index contributed by atoms with van der Waals surface area (Å²) in [5, 5.41) is 4.10. The van der Waals surface area contributed by atoms with E-state index in [0.717, 1.165) is 16.9 Å². The highest BCUT2D eigenvalue weighted by molar-refractivity contribution is 7.14. The first-order valence-corrected chi connectivity index (χ1v) is 8.25. The minimum atomic E-state index is 0.284. The number of carbonyl (C=O) groups excluding carboxylic acids is 1. The molecule has 2 heterocycles. The molecule has 18 heavy (non-hydrogen) atoms. The Morgan fingerprint density at radius 2 is 2.11 bits per heavy atom. The minimum absolute atomic E-state index is 0.284. The van der Waals surface area contributed by atoms with Crippen molar-refractivity contribution in [3.63, 3.8) is 0 Å². The molecule has 0 N–H and O–H groups in total. The second-order valence-electron chi connectivity index (χ2n) is 4.85. The summed E-state index contributed by atoms with van der Waals surface area (Å²) in [7, 11) is 0. The van der Waals surface area contributed by atoms with Gasteiger partial charge in [-0.3, -0.25) is 4.79 Å². The molecule has 0 aliphatic heterocycles. The number of thiophene rings is 2. The molecule has 2 aromatic rings. The Morgan fingerprint density at radius 1 is 1.22 bits per heavy atom. The zero-order chi connectivity index (χ0) is 12.4. The summed E-state index contributed by atoms with van der Waals surface area (Å²) in [5.41, 5.74) is 2.58. The Morgan fingerprint density at radius 3 is 2.94 bits per heavy atom. The molecule has 0 saturated carbocycles. The van der Waals surface area contributed by atoms with Crippen LogP contribution in [0.3, 0.4) is 0 Å². The topological polar surface area (TPSA) is 17.1 Å². The molecule has 1 nitrogen and oxygen atoms in total. The maximum Gasteiger partial charge on any atom is 0.177 e. The number of aryl methyl sites for hydroxylation is 2. The average molecular weight is 276 g/mol. The van der Waals surface area contributed by atoms with Crippen LogP contribution in [0.1, 0.15) is 44.9 Å². The van der Waals surface area contributed by atoms with Crippen molar-refractivity contribution in [2.45, 2.75) is 38.5 Å². The smallest absolute Gasteiger partial charge is 0.177 e. The van der Waals surface area contributed by atoms with Crippen LogP contribution >= 0.6 is 22.7 Å². The number of carbonyl (C=O) groups is 1. The van der Waals surface area contributed by atoms with Gasteiger partial charge in [-0.2, -0.15) is 11.3 Å². The quantitative estimate of drug-likeness (QED) is 0.595. The van der Waals surface area contributed by atoms with Gasteiger partial charge in [0.2, 0.25) is 0 Å². The molecular formula is C15H16OS2. The summed E-state index contributed by atoms with van der Waals surface area (Å²) in [6.07, 6.45) is 6.79. The molecule has 0 bridgehead atoms. The van der Waals surface area contributed by atoms with E-state index >= 15 is 0 Å². The summed E-state index contributed by atoms with van der Waals surface area (Å²) in [6, 6.07) is 4.20. The fourth-order valence-electron chi connectivity index (χ4n) is 2.47. The maximum atomic E-state index is 12.2. The fourth-order valence-corrected chi connectivity index (χ4v) is 4.33. The SMILES string of the molecule is O=C(Cc1ccsc1)c1cc2c(s1)CCCCC2. The second kappa shape index (κ2) is 5.37. The Balaban J connectivity index is 1.78. The third-order valence-electron chi connectivity index (χ3n) is 3.47. The molecule has 3 rings (SSSR count). The summed E-state index contributed by atoms with van der Waals surface area (Å²) in [4.78, 5) is 14.7. The van der Waals surface area contributed by atoms with E-state index in [-0.39, 0.29) is 5.78 Å². The van der Waals surface area contributed by atoms with Crippen molar-refractivity contribution in [1.29, 1.82) is 0 Å². The highest BCUT2D eigenvalue weighted by Crippen LogP contribution is 2.29. The van der Waals surface area contributed by atoms with Gasteiger partial charge in [-0.15, -0.1) is 11.3 Å². The van der Waals surface area contributed by atoms with Crippen LogP contribution in [0, 0.1) is 0 Å².